The summed E-state index contributed by atoms with van der Waals surface area (Å²) in [7, 11) is 0. The molecule has 0 N–H and O–H groups in total. The first kappa shape index (κ1) is 55.9. The molecule has 0 radical (unpaired) electrons. The zero-order valence-corrected chi connectivity index (χ0v) is 38.5. The number of carbonyl (C=O) groups excluding carboxylic acids is 3. The minimum atomic E-state index is -0.813. The van der Waals surface area contributed by atoms with Crippen molar-refractivity contribution in [3.05, 3.63) is 72.9 Å². The molecule has 0 aliphatic carbocycles. The molecule has 0 aliphatic rings. The number of esters is 3. The zero-order valence-electron chi connectivity index (χ0n) is 38.5. The molecule has 0 bridgehead atoms. The Labute approximate surface area is 363 Å². The molecule has 0 aliphatic heterocycles. The molecule has 6 heteroatoms. The number of hydrogen-bond donors (Lipinski definition) is 0. The second-order valence-corrected chi connectivity index (χ2v) is 16.1. The van der Waals surface area contributed by atoms with Crippen molar-refractivity contribution < 1.29 is 28.6 Å². The van der Waals surface area contributed by atoms with E-state index in [4.69, 9.17) is 14.2 Å². The highest BCUT2D eigenvalue weighted by atomic mass is 16.6. The fourth-order valence-electron chi connectivity index (χ4n) is 6.63. The van der Waals surface area contributed by atoms with Gasteiger partial charge in [-0.1, -0.05) is 229 Å². The molecule has 0 spiro atoms. The van der Waals surface area contributed by atoms with Crippen molar-refractivity contribution in [1.82, 2.24) is 0 Å². The number of carbonyl (C=O) groups is 3. The molecule has 6 nitrogen and oxygen atoms in total. The molecule has 0 amide bonds. The maximum Gasteiger partial charge on any atom is 0.306 e. The van der Waals surface area contributed by atoms with Gasteiger partial charge in [0.25, 0.3) is 0 Å². The van der Waals surface area contributed by atoms with Gasteiger partial charge in [0.1, 0.15) is 13.2 Å². The molecule has 0 aromatic carbocycles. The Morgan fingerprint density at radius 1 is 0.356 bits per heavy atom. The van der Waals surface area contributed by atoms with E-state index < -0.39 is 6.10 Å². The van der Waals surface area contributed by atoms with Crippen LogP contribution in [0.5, 0.6) is 0 Å². The van der Waals surface area contributed by atoms with Crippen LogP contribution in [-0.2, 0) is 28.6 Å². The van der Waals surface area contributed by atoms with Crippen molar-refractivity contribution in [2.75, 3.05) is 13.2 Å². The Kier molecular flexibility index (Phi) is 45.0. The van der Waals surface area contributed by atoms with Crippen LogP contribution in [0.4, 0.5) is 0 Å². The van der Waals surface area contributed by atoms with Gasteiger partial charge >= 0.3 is 17.9 Å². The number of ether oxygens (including phenoxy) is 3. The van der Waals surface area contributed by atoms with E-state index in [2.05, 4.69) is 39.0 Å². The topological polar surface area (TPSA) is 78.9 Å². The first-order valence-electron chi connectivity index (χ1n) is 24.5. The van der Waals surface area contributed by atoms with Crippen molar-refractivity contribution in [3.63, 3.8) is 0 Å². The van der Waals surface area contributed by atoms with Crippen molar-refractivity contribution >= 4 is 17.9 Å². The van der Waals surface area contributed by atoms with Crippen LogP contribution in [0.3, 0.4) is 0 Å². The van der Waals surface area contributed by atoms with E-state index in [-0.39, 0.29) is 37.5 Å². The van der Waals surface area contributed by atoms with Gasteiger partial charge in [0, 0.05) is 19.3 Å². The van der Waals surface area contributed by atoms with Gasteiger partial charge in [0.2, 0.25) is 0 Å². The van der Waals surface area contributed by atoms with Crippen LogP contribution in [0.2, 0.25) is 0 Å². The number of hydrogen-bond acceptors (Lipinski definition) is 6. The zero-order chi connectivity index (χ0) is 43.0. The predicted molar refractivity (Wildman–Crippen MR) is 251 cm³/mol. The monoisotopic (exact) mass is 823 g/mol. The van der Waals surface area contributed by atoms with Crippen LogP contribution in [0.15, 0.2) is 72.9 Å². The second-order valence-electron chi connectivity index (χ2n) is 16.1. The number of allylic oxidation sites excluding steroid dienone is 12. The number of unbranched alkanes of at least 4 members (excludes halogenated alkanes) is 24. The lowest BCUT2D eigenvalue weighted by atomic mass is 10.0. The van der Waals surface area contributed by atoms with Gasteiger partial charge in [-0.25, -0.2) is 0 Å². The molecule has 0 rings (SSSR count). The summed E-state index contributed by atoms with van der Waals surface area (Å²) in [4.78, 5) is 37.8. The molecule has 59 heavy (non-hydrogen) atoms. The highest BCUT2D eigenvalue weighted by molar-refractivity contribution is 5.71. The van der Waals surface area contributed by atoms with E-state index in [1.807, 2.05) is 54.7 Å². The molecule has 1 unspecified atom stereocenters. The summed E-state index contributed by atoms with van der Waals surface area (Å²) in [5, 5.41) is 0. The second kappa shape index (κ2) is 47.5. The van der Waals surface area contributed by atoms with Gasteiger partial charge < -0.3 is 14.2 Å². The lowest BCUT2D eigenvalue weighted by Crippen LogP contribution is -2.30. The summed E-state index contributed by atoms with van der Waals surface area (Å²) in [6, 6.07) is 0. The largest absolute Gasteiger partial charge is 0.462 e. The Hall–Kier alpha value is -3.15. The van der Waals surface area contributed by atoms with Crippen LogP contribution in [-0.4, -0.2) is 37.2 Å². The third kappa shape index (κ3) is 45.8. The van der Waals surface area contributed by atoms with E-state index in [1.165, 1.54) is 109 Å². The molecule has 0 aromatic rings. The van der Waals surface area contributed by atoms with Crippen LogP contribution in [0, 0.1) is 0 Å². The first-order valence-corrected chi connectivity index (χ1v) is 24.5. The summed E-state index contributed by atoms with van der Waals surface area (Å²) in [6.07, 6.45) is 59.0. The minimum Gasteiger partial charge on any atom is -0.462 e. The molecular formula is C53H90O6. The molecule has 0 saturated heterocycles. The Morgan fingerprint density at radius 3 is 1.17 bits per heavy atom. The van der Waals surface area contributed by atoms with Gasteiger partial charge in [0.15, 0.2) is 6.10 Å². The third-order valence-corrected chi connectivity index (χ3v) is 10.3. The van der Waals surface area contributed by atoms with Gasteiger partial charge in [-0.05, 0) is 51.4 Å². The average molecular weight is 823 g/mol. The summed E-state index contributed by atoms with van der Waals surface area (Å²) in [6.45, 7) is 6.38. The van der Waals surface area contributed by atoms with Crippen molar-refractivity contribution in [1.29, 1.82) is 0 Å². The van der Waals surface area contributed by atoms with E-state index in [0.29, 0.717) is 19.3 Å². The summed E-state index contributed by atoms with van der Waals surface area (Å²) in [5.41, 5.74) is 0. The lowest BCUT2D eigenvalue weighted by molar-refractivity contribution is -0.167. The summed E-state index contributed by atoms with van der Waals surface area (Å²) in [5.74, 6) is -0.996. The maximum atomic E-state index is 12.7. The standard InChI is InChI=1S/C53H90O6/c1-4-7-10-13-16-19-22-24-25-26-27-28-30-31-34-37-40-43-46-52(55)58-49-50(48-57-51(54)45-42-39-36-33-21-18-15-12-9-6-3)59-53(56)47-44-41-38-35-32-29-23-20-17-14-11-8-5-2/h8,11,14-15,17-18,20,23,29,32,35,38,50H,4-7,9-10,12-13,16,19,21-22,24-28,30-31,33-34,36-37,39-49H2,1-3H3/b11-8-,17-14-,18-15-,23-20-,32-29-,38-35-. The Bertz CT molecular complexity index is 1130. The van der Waals surface area contributed by atoms with Crippen molar-refractivity contribution in [2.24, 2.45) is 0 Å². The van der Waals surface area contributed by atoms with Gasteiger partial charge in [-0.3, -0.25) is 14.4 Å². The normalized spacial score (nSPS) is 12.7. The fourth-order valence-corrected chi connectivity index (χ4v) is 6.63. The van der Waals surface area contributed by atoms with Gasteiger partial charge in [-0.15, -0.1) is 0 Å². The molecule has 0 aromatic heterocycles. The molecule has 338 valence electrons. The molecule has 1 atom stereocenters. The van der Waals surface area contributed by atoms with Gasteiger partial charge in [0.05, 0.1) is 0 Å². The van der Waals surface area contributed by atoms with Gasteiger partial charge in [-0.2, -0.15) is 0 Å². The predicted octanol–water partition coefficient (Wildman–Crippen LogP) is 15.9. The van der Waals surface area contributed by atoms with Crippen LogP contribution in [0.1, 0.15) is 226 Å². The van der Waals surface area contributed by atoms with E-state index in [9.17, 15) is 14.4 Å². The molecule has 0 heterocycles. The quantitative estimate of drug-likeness (QED) is 0.0200. The summed E-state index contributed by atoms with van der Waals surface area (Å²) >= 11 is 0. The Balaban J connectivity index is 4.40. The fraction of sp³-hybridized carbons (Fsp3) is 0.717. The smallest absolute Gasteiger partial charge is 0.306 e. The number of rotatable bonds is 43. The van der Waals surface area contributed by atoms with E-state index in [0.717, 1.165) is 70.6 Å². The van der Waals surface area contributed by atoms with Crippen molar-refractivity contribution in [3.8, 4) is 0 Å². The average Bonchev–Trinajstić information content (AvgIpc) is 3.23. The minimum absolute atomic E-state index is 0.106. The first-order chi connectivity index (χ1) is 29.0. The molecule has 0 fully saturated rings. The van der Waals surface area contributed by atoms with Crippen LogP contribution >= 0.6 is 0 Å². The highest BCUT2D eigenvalue weighted by Gasteiger charge is 2.19. The highest BCUT2D eigenvalue weighted by Crippen LogP contribution is 2.15. The SMILES string of the molecule is CC\C=C/C=C\C=C/C=C\C=C/CCCC(=O)OC(COC(=O)CCCCCC/C=C\CCCC)COC(=O)CCCCCCCCCCCCCCCCCCCC. The van der Waals surface area contributed by atoms with Crippen LogP contribution in [0.25, 0.3) is 0 Å². The van der Waals surface area contributed by atoms with E-state index in [1.54, 1.807) is 0 Å². The Morgan fingerprint density at radius 2 is 0.712 bits per heavy atom. The third-order valence-electron chi connectivity index (χ3n) is 10.3. The lowest BCUT2D eigenvalue weighted by Gasteiger charge is -2.18. The van der Waals surface area contributed by atoms with E-state index >= 15 is 0 Å². The maximum absolute atomic E-state index is 12.7. The molecular weight excluding hydrogens is 733 g/mol. The summed E-state index contributed by atoms with van der Waals surface area (Å²) < 4.78 is 16.7. The molecule has 0 saturated carbocycles. The van der Waals surface area contributed by atoms with Crippen LogP contribution < -0.4 is 0 Å². The van der Waals surface area contributed by atoms with Crippen molar-refractivity contribution in [2.45, 2.75) is 232 Å².